The summed E-state index contributed by atoms with van der Waals surface area (Å²) < 4.78 is 4.16. The third kappa shape index (κ3) is 5.87. The van der Waals surface area contributed by atoms with Gasteiger partial charge in [0.05, 0.1) is 11.9 Å². The number of nitrogens with two attached hydrogens (primary N) is 1. The fourth-order valence-electron chi connectivity index (χ4n) is 4.24. The van der Waals surface area contributed by atoms with E-state index in [-0.39, 0.29) is 40.9 Å². The standard InChI is InChI=1S/C25H33N5O5/c1-16(22(33)19-12-11-17(26)14-20(19)32)8-4-5-9-18(31)10-6-7-13-30-24(34)21-23(27-15-28(21)2)29(3)25(30)35/h11-12,14-16,32H,4-10,13,26H2,1-3H3. The van der Waals surface area contributed by atoms with Gasteiger partial charge in [-0.15, -0.1) is 0 Å². The highest BCUT2D eigenvalue weighted by molar-refractivity contribution is 6.00. The van der Waals surface area contributed by atoms with Crippen molar-refractivity contribution in [3.8, 4) is 5.75 Å². The van der Waals surface area contributed by atoms with E-state index in [1.54, 1.807) is 24.7 Å². The molecule has 0 aliphatic heterocycles. The number of ketones is 2. The number of carbonyl (C=O) groups is 2. The van der Waals surface area contributed by atoms with Gasteiger partial charge in [-0.1, -0.05) is 13.3 Å². The number of anilines is 1. The predicted molar refractivity (Wildman–Crippen MR) is 134 cm³/mol. The minimum atomic E-state index is -0.413. The lowest BCUT2D eigenvalue weighted by Crippen LogP contribution is -2.39. The molecule has 0 bridgehead atoms. The Morgan fingerprint density at radius 1 is 1.09 bits per heavy atom. The molecule has 1 atom stereocenters. The van der Waals surface area contributed by atoms with E-state index in [1.165, 1.54) is 27.6 Å². The van der Waals surface area contributed by atoms with Crippen molar-refractivity contribution in [1.29, 1.82) is 0 Å². The maximum Gasteiger partial charge on any atom is 0.332 e. The molecule has 0 saturated carbocycles. The van der Waals surface area contributed by atoms with Crippen LogP contribution in [0.2, 0.25) is 0 Å². The molecule has 0 amide bonds. The predicted octanol–water partition coefficient (Wildman–Crippen LogP) is 2.54. The molecule has 0 aliphatic carbocycles. The van der Waals surface area contributed by atoms with Gasteiger partial charge in [-0.25, -0.2) is 9.78 Å². The van der Waals surface area contributed by atoms with Crippen molar-refractivity contribution in [2.45, 2.75) is 58.4 Å². The number of nitrogen functional groups attached to an aromatic ring is 1. The number of imidazole rings is 1. The minimum Gasteiger partial charge on any atom is -0.507 e. The van der Waals surface area contributed by atoms with Gasteiger partial charge in [0.15, 0.2) is 16.9 Å². The minimum absolute atomic E-state index is 0.114. The number of benzene rings is 1. The molecule has 2 heterocycles. The Kier molecular flexibility index (Phi) is 8.26. The summed E-state index contributed by atoms with van der Waals surface area (Å²) in [5.74, 6) is -0.392. The van der Waals surface area contributed by atoms with Crippen LogP contribution in [-0.2, 0) is 25.4 Å². The highest BCUT2D eigenvalue weighted by Gasteiger charge is 2.18. The van der Waals surface area contributed by atoms with Crippen LogP contribution >= 0.6 is 0 Å². The van der Waals surface area contributed by atoms with Gasteiger partial charge in [-0.2, -0.15) is 0 Å². The molecule has 0 radical (unpaired) electrons. The van der Waals surface area contributed by atoms with Gasteiger partial charge < -0.3 is 15.4 Å². The lowest BCUT2D eigenvalue weighted by Gasteiger charge is -2.12. The largest absolute Gasteiger partial charge is 0.507 e. The Hall–Kier alpha value is -3.69. The van der Waals surface area contributed by atoms with E-state index in [1.807, 2.05) is 6.92 Å². The number of Topliss-reactive ketones (excluding diaryl/α,β-unsaturated/α-hetero) is 2. The van der Waals surface area contributed by atoms with Crippen LogP contribution in [0.1, 0.15) is 62.2 Å². The molecule has 2 aromatic heterocycles. The Morgan fingerprint density at radius 3 is 2.46 bits per heavy atom. The van der Waals surface area contributed by atoms with Crippen LogP contribution in [0.3, 0.4) is 0 Å². The number of fused-ring (bicyclic) bond motifs is 1. The maximum absolute atomic E-state index is 12.7. The number of hydrogen-bond acceptors (Lipinski definition) is 7. The van der Waals surface area contributed by atoms with Gasteiger partial charge in [0.1, 0.15) is 11.5 Å². The fraction of sp³-hybridized carbons (Fsp3) is 0.480. The maximum atomic E-state index is 12.7. The summed E-state index contributed by atoms with van der Waals surface area (Å²) in [7, 11) is 3.30. The van der Waals surface area contributed by atoms with E-state index in [9.17, 15) is 24.3 Å². The molecular weight excluding hydrogens is 450 g/mol. The molecule has 1 aromatic carbocycles. The quantitative estimate of drug-likeness (QED) is 0.229. The van der Waals surface area contributed by atoms with E-state index in [2.05, 4.69) is 4.98 Å². The molecule has 35 heavy (non-hydrogen) atoms. The Bertz CT molecular complexity index is 1350. The average Bonchev–Trinajstić information content (AvgIpc) is 3.21. The molecule has 3 rings (SSSR count). The van der Waals surface area contributed by atoms with Crippen LogP contribution in [-0.4, -0.2) is 35.4 Å². The number of aryl methyl sites for hydroxylation is 2. The molecule has 1 unspecified atom stereocenters. The summed E-state index contributed by atoms with van der Waals surface area (Å²) in [6.07, 6.45) is 5.48. The molecular formula is C25H33N5O5. The van der Waals surface area contributed by atoms with Crippen molar-refractivity contribution in [3.05, 3.63) is 50.9 Å². The zero-order valence-corrected chi connectivity index (χ0v) is 20.5. The van der Waals surface area contributed by atoms with Gasteiger partial charge >= 0.3 is 5.69 Å². The number of aromatic nitrogens is 4. The average molecular weight is 484 g/mol. The molecule has 188 valence electrons. The molecule has 0 fully saturated rings. The molecule has 10 heteroatoms. The molecule has 0 aliphatic rings. The van der Waals surface area contributed by atoms with E-state index in [4.69, 9.17) is 5.73 Å². The van der Waals surface area contributed by atoms with Crippen molar-refractivity contribution >= 4 is 28.4 Å². The first-order valence-corrected chi connectivity index (χ1v) is 11.9. The van der Waals surface area contributed by atoms with E-state index < -0.39 is 5.69 Å². The molecule has 3 N–H and O–H groups in total. The third-order valence-electron chi connectivity index (χ3n) is 6.37. The van der Waals surface area contributed by atoms with Crippen LogP contribution in [0, 0.1) is 5.92 Å². The number of hydrogen-bond donors (Lipinski definition) is 2. The second-order valence-corrected chi connectivity index (χ2v) is 9.11. The number of rotatable bonds is 12. The lowest BCUT2D eigenvalue weighted by atomic mass is 9.93. The third-order valence-corrected chi connectivity index (χ3v) is 6.37. The van der Waals surface area contributed by atoms with Crippen molar-refractivity contribution in [3.63, 3.8) is 0 Å². The Labute approximate surface area is 203 Å². The number of phenols is 1. The van der Waals surface area contributed by atoms with E-state index in [0.717, 1.165) is 6.42 Å². The molecule has 0 spiro atoms. The van der Waals surface area contributed by atoms with Gasteiger partial charge in [-0.05, 0) is 37.8 Å². The first-order chi connectivity index (χ1) is 16.6. The topological polar surface area (TPSA) is 142 Å². The van der Waals surface area contributed by atoms with Crippen LogP contribution in [0.4, 0.5) is 5.69 Å². The van der Waals surface area contributed by atoms with E-state index >= 15 is 0 Å². The Morgan fingerprint density at radius 2 is 1.77 bits per heavy atom. The summed E-state index contributed by atoms with van der Waals surface area (Å²) in [5, 5.41) is 9.94. The van der Waals surface area contributed by atoms with Crippen molar-refractivity contribution in [2.24, 2.45) is 20.0 Å². The number of unbranched alkanes of at least 4 members (excludes halogenated alkanes) is 2. The molecule has 0 saturated heterocycles. The number of aromatic hydroxyl groups is 1. The zero-order valence-electron chi connectivity index (χ0n) is 20.5. The smallest absolute Gasteiger partial charge is 0.332 e. The van der Waals surface area contributed by atoms with Gasteiger partial charge in [-0.3, -0.25) is 23.5 Å². The van der Waals surface area contributed by atoms with Crippen LogP contribution in [0.15, 0.2) is 34.1 Å². The lowest BCUT2D eigenvalue weighted by molar-refractivity contribution is -0.119. The second kappa shape index (κ2) is 11.2. The van der Waals surface area contributed by atoms with E-state index in [0.29, 0.717) is 55.4 Å². The number of carbonyl (C=O) groups excluding carboxylic acids is 2. The molecule has 3 aromatic rings. The highest BCUT2D eigenvalue weighted by atomic mass is 16.3. The SMILES string of the molecule is CC(CCCCC(=O)CCCCn1c(=O)c2c(ncn2C)n(C)c1=O)C(=O)c1ccc(N)cc1O. The number of nitrogens with zero attached hydrogens (tertiary/aromatic N) is 4. The summed E-state index contributed by atoms with van der Waals surface area (Å²) >= 11 is 0. The van der Waals surface area contributed by atoms with Gasteiger partial charge in [0.2, 0.25) is 0 Å². The molecule has 10 nitrogen and oxygen atoms in total. The van der Waals surface area contributed by atoms with Crippen LogP contribution in [0.5, 0.6) is 5.75 Å². The second-order valence-electron chi connectivity index (χ2n) is 9.11. The zero-order chi connectivity index (χ0) is 25.7. The number of phenolic OH excluding ortho intramolecular Hbond substituents is 1. The van der Waals surface area contributed by atoms with Gasteiger partial charge in [0.25, 0.3) is 5.56 Å². The summed E-state index contributed by atoms with van der Waals surface area (Å²) in [6.45, 7) is 2.06. The summed E-state index contributed by atoms with van der Waals surface area (Å²) in [6, 6.07) is 4.49. The normalized spacial score (nSPS) is 12.2. The summed E-state index contributed by atoms with van der Waals surface area (Å²) in [5.41, 5.74) is 6.22. The first-order valence-electron chi connectivity index (χ1n) is 11.9. The summed E-state index contributed by atoms with van der Waals surface area (Å²) in [4.78, 5) is 54.1. The van der Waals surface area contributed by atoms with Crippen molar-refractivity contribution in [1.82, 2.24) is 18.7 Å². The highest BCUT2D eigenvalue weighted by Crippen LogP contribution is 2.25. The van der Waals surface area contributed by atoms with Gasteiger partial charge in [0, 0.05) is 51.2 Å². The van der Waals surface area contributed by atoms with Crippen molar-refractivity contribution in [2.75, 3.05) is 5.73 Å². The van der Waals surface area contributed by atoms with Crippen LogP contribution < -0.4 is 17.0 Å². The van der Waals surface area contributed by atoms with Crippen molar-refractivity contribution < 1.29 is 14.7 Å². The monoisotopic (exact) mass is 483 g/mol. The Balaban J connectivity index is 1.40. The van der Waals surface area contributed by atoms with Crippen LogP contribution in [0.25, 0.3) is 11.2 Å². The fourth-order valence-corrected chi connectivity index (χ4v) is 4.24. The first kappa shape index (κ1) is 25.9.